The third kappa shape index (κ3) is 4.94. The Hall–Kier alpha value is -3.19. The number of likely N-dealkylation sites (N-methyl/N-ethyl adjacent to an activating group) is 1. The van der Waals surface area contributed by atoms with Gasteiger partial charge in [0.2, 0.25) is 0 Å². The number of benzene rings is 2. The summed E-state index contributed by atoms with van der Waals surface area (Å²) in [6, 6.07) is 11.5. The van der Waals surface area contributed by atoms with Crippen molar-refractivity contribution in [1.82, 2.24) is 9.80 Å². The van der Waals surface area contributed by atoms with Crippen molar-refractivity contribution >= 4 is 17.4 Å². The number of carbonyl (C=O) groups excluding carboxylic acids is 2. The molecular weight excluding hydrogens is 399 g/mol. The molecule has 0 spiro atoms. The van der Waals surface area contributed by atoms with E-state index in [1.165, 1.54) is 29.2 Å². The second kappa shape index (κ2) is 9.31. The number of rotatable bonds is 7. The highest BCUT2D eigenvalue weighted by Crippen LogP contribution is 2.39. The van der Waals surface area contributed by atoms with Gasteiger partial charge in [0.15, 0.2) is 0 Å². The molecule has 0 unspecified atom stereocenters. The van der Waals surface area contributed by atoms with Crippen LogP contribution in [0.1, 0.15) is 31.0 Å². The fraction of sp³-hybridized carbons (Fsp3) is 0.333. The SMILES string of the molecule is CC(C)Oc1ccc(/C(O)=C2\C(=O)C(=O)N(CCN(C)C)[C@H]2c2ccc(F)cc2)cc1. The van der Waals surface area contributed by atoms with Crippen LogP contribution in [0.5, 0.6) is 5.75 Å². The third-order valence-corrected chi connectivity index (χ3v) is 5.01. The maximum Gasteiger partial charge on any atom is 0.295 e. The molecule has 0 bridgehead atoms. The molecule has 2 aromatic carbocycles. The molecule has 164 valence electrons. The molecule has 7 heteroatoms. The van der Waals surface area contributed by atoms with Crippen LogP contribution < -0.4 is 4.74 Å². The minimum atomic E-state index is -0.799. The van der Waals surface area contributed by atoms with Crippen LogP contribution in [0.15, 0.2) is 54.1 Å². The number of aliphatic hydroxyl groups excluding tert-OH is 1. The molecule has 6 nitrogen and oxygen atoms in total. The highest BCUT2D eigenvalue weighted by atomic mass is 19.1. The first-order chi connectivity index (χ1) is 14.7. The number of ether oxygens (including phenoxy) is 1. The summed E-state index contributed by atoms with van der Waals surface area (Å²) in [7, 11) is 3.73. The fourth-order valence-corrected chi connectivity index (χ4v) is 3.53. The maximum atomic E-state index is 13.5. The molecule has 1 heterocycles. The molecule has 0 radical (unpaired) electrons. The number of likely N-dealkylation sites (tertiary alicyclic amines) is 1. The Labute approximate surface area is 181 Å². The van der Waals surface area contributed by atoms with Crippen molar-refractivity contribution < 1.29 is 23.8 Å². The smallest absolute Gasteiger partial charge is 0.295 e. The Morgan fingerprint density at radius 3 is 2.26 bits per heavy atom. The summed E-state index contributed by atoms with van der Waals surface area (Å²) in [6.07, 6.45) is -0.0000514. The molecule has 0 aromatic heterocycles. The van der Waals surface area contributed by atoms with Gasteiger partial charge in [-0.25, -0.2) is 4.39 Å². The van der Waals surface area contributed by atoms with Crippen LogP contribution in [0, 0.1) is 5.82 Å². The average Bonchev–Trinajstić information content (AvgIpc) is 2.97. The van der Waals surface area contributed by atoms with E-state index in [-0.39, 0.29) is 24.0 Å². The van der Waals surface area contributed by atoms with Gasteiger partial charge < -0.3 is 19.6 Å². The van der Waals surface area contributed by atoms with E-state index in [2.05, 4.69) is 0 Å². The van der Waals surface area contributed by atoms with Crippen LogP contribution in [0.25, 0.3) is 5.76 Å². The molecule has 2 aromatic rings. The van der Waals surface area contributed by atoms with E-state index in [9.17, 15) is 19.1 Å². The van der Waals surface area contributed by atoms with Gasteiger partial charge in [0.1, 0.15) is 17.3 Å². The van der Waals surface area contributed by atoms with E-state index in [4.69, 9.17) is 4.74 Å². The van der Waals surface area contributed by atoms with Crippen LogP contribution in [0.2, 0.25) is 0 Å². The number of aliphatic hydroxyl groups is 1. The number of nitrogens with zero attached hydrogens (tertiary/aromatic N) is 2. The average molecular weight is 426 g/mol. The number of Topliss-reactive ketones (excluding diaryl/α,β-unsaturated/α-hetero) is 1. The third-order valence-electron chi connectivity index (χ3n) is 5.01. The second-order valence-corrected chi connectivity index (χ2v) is 8.04. The van der Waals surface area contributed by atoms with Crippen molar-refractivity contribution in [2.75, 3.05) is 27.2 Å². The molecule has 3 rings (SSSR count). The second-order valence-electron chi connectivity index (χ2n) is 8.04. The van der Waals surface area contributed by atoms with E-state index < -0.39 is 23.5 Å². The molecule has 1 N–H and O–H groups in total. The molecular formula is C24H27FN2O4. The predicted octanol–water partition coefficient (Wildman–Crippen LogP) is 3.60. The number of amides is 1. The van der Waals surface area contributed by atoms with Crippen molar-refractivity contribution in [2.24, 2.45) is 0 Å². The monoisotopic (exact) mass is 426 g/mol. The number of ketones is 1. The van der Waals surface area contributed by atoms with Gasteiger partial charge in [-0.1, -0.05) is 12.1 Å². The Kier molecular flexibility index (Phi) is 6.75. The predicted molar refractivity (Wildman–Crippen MR) is 116 cm³/mol. The molecule has 1 saturated heterocycles. The van der Waals surface area contributed by atoms with Gasteiger partial charge in [-0.05, 0) is 69.9 Å². The van der Waals surface area contributed by atoms with Gasteiger partial charge in [0.25, 0.3) is 11.7 Å². The van der Waals surface area contributed by atoms with E-state index in [1.807, 2.05) is 32.8 Å². The Morgan fingerprint density at radius 2 is 1.71 bits per heavy atom. The summed E-state index contributed by atoms with van der Waals surface area (Å²) in [5.74, 6) is -1.50. The van der Waals surface area contributed by atoms with Crippen LogP contribution in [0.4, 0.5) is 4.39 Å². The summed E-state index contributed by atoms with van der Waals surface area (Å²) in [5, 5.41) is 11.0. The van der Waals surface area contributed by atoms with Gasteiger partial charge in [0, 0.05) is 18.7 Å². The number of carbonyl (C=O) groups is 2. The zero-order valence-corrected chi connectivity index (χ0v) is 18.1. The molecule has 1 aliphatic heterocycles. The first kappa shape index (κ1) is 22.5. The Morgan fingerprint density at radius 1 is 1.10 bits per heavy atom. The lowest BCUT2D eigenvalue weighted by molar-refractivity contribution is -0.140. The lowest BCUT2D eigenvalue weighted by Crippen LogP contribution is -2.35. The minimum Gasteiger partial charge on any atom is -0.507 e. The lowest BCUT2D eigenvalue weighted by Gasteiger charge is -2.26. The Balaban J connectivity index is 2.06. The summed E-state index contributed by atoms with van der Waals surface area (Å²) < 4.78 is 19.1. The summed E-state index contributed by atoms with van der Waals surface area (Å²) >= 11 is 0. The zero-order valence-electron chi connectivity index (χ0n) is 18.1. The highest BCUT2D eigenvalue weighted by molar-refractivity contribution is 6.46. The van der Waals surface area contributed by atoms with Crippen LogP contribution in [-0.4, -0.2) is 59.9 Å². The number of hydrogen-bond donors (Lipinski definition) is 1. The van der Waals surface area contributed by atoms with Crippen LogP contribution in [0.3, 0.4) is 0 Å². The van der Waals surface area contributed by atoms with Gasteiger partial charge in [0.05, 0.1) is 17.7 Å². The first-order valence-electron chi connectivity index (χ1n) is 10.1. The van der Waals surface area contributed by atoms with Crippen molar-refractivity contribution in [2.45, 2.75) is 26.0 Å². The Bertz CT molecular complexity index is 982. The summed E-state index contributed by atoms with van der Waals surface area (Å²) in [5.41, 5.74) is 0.947. The van der Waals surface area contributed by atoms with Crippen LogP contribution >= 0.6 is 0 Å². The number of hydrogen-bond acceptors (Lipinski definition) is 5. The standard InChI is InChI=1S/C24H27FN2O4/c1-15(2)31-19-11-7-17(8-12-19)22(28)20-21(16-5-9-18(25)10-6-16)27(14-13-26(3)4)24(30)23(20)29/h5-12,15,21,28H,13-14H2,1-4H3/b22-20+/t21-/m0/s1. The summed E-state index contributed by atoms with van der Waals surface area (Å²) in [6.45, 7) is 4.64. The van der Waals surface area contributed by atoms with E-state index >= 15 is 0 Å². The largest absolute Gasteiger partial charge is 0.507 e. The van der Waals surface area contributed by atoms with Crippen molar-refractivity contribution in [1.29, 1.82) is 0 Å². The summed E-state index contributed by atoms with van der Waals surface area (Å²) in [4.78, 5) is 29.1. The van der Waals surface area contributed by atoms with Gasteiger partial charge in [-0.2, -0.15) is 0 Å². The van der Waals surface area contributed by atoms with E-state index in [1.54, 1.807) is 24.3 Å². The van der Waals surface area contributed by atoms with Gasteiger partial charge >= 0.3 is 0 Å². The first-order valence-corrected chi connectivity index (χ1v) is 10.1. The topological polar surface area (TPSA) is 70.1 Å². The van der Waals surface area contributed by atoms with Gasteiger partial charge in [-0.3, -0.25) is 9.59 Å². The van der Waals surface area contributed by atoms with Crippen molar-refractivity contribution in [3.05, 3.63) is 71.0 Å². The molecule has 1 atom stereocenters. The minimum absolute atomic E-state index is 0.0000514. The van der Waals surface area contributed by atoms with E-state index in [0.717, 1.165) is 0 Å². The lowest BCUT2D eigenvalue weighted by atomic mass is 9.95. The zero-order chi connectivity index (χ0) is 22.7. The normalized spacial score (nSPS) is 18.3. The van der Waals surface area contributed by atoms with Crippen molar-refractivity contribution in [3.8, 4) is 5.75 Å². The molecule has 1 fully saturated rings. The van der Waals surface area contributed by atoms with E-state index in [0.29, 0.717) is 23.4 Å². The molecule has 1 aliphatic rings. The number of halogens is 1. The van der Waals surface area contributed by atoms with Gasteiger partial charge in [-0.15, -0.1) is 0 Å². The van der Waals surface area contributed by atoms with Crippen molar-refractivity contribution in [3.63, 3.8) is 0 Å². The fourth-order valence-electron chi connectivity index (χ4n) is 3.53. The van der Waals surface area contributed by atoms with Crippen LogP contribution in [-0.2, 0) is 9.59 Å². The molecule has 0 saturated carbocycles. The highest BCUT2D eigenvalue weighted by Gasteiger charge is 2.45. The molecule has 31 heavy (non-hydrogen) atoms. The maximum absolute atomic E-state index is 13.5. The molecule has 0 aliphatic carbocycles. The quantitative estimate of drug-likeness (QED) is 0.416. The molecule has 1 amide bonds.